The van der Waals surface area contributed by atoms with Crippen LogP contribution in [0.15, 0.2) is 51.6 Å². The van der Waals surface area contributed by atoms with Gasteiger partial charge in [-0.3, -0.25) is 0 Å². The summed E-state index contributed by atoms with van der Waals surface area (Å²) in [4.78, 5) is 11.3. The van der Waals surface area contributed by atoms with Crippen molar-refractivity contribution in [2.75, 3.05) is 7.11 Å². The van der Waals surface area contributed by atoms with Gasteiger partial charge in [0.25, 0.3) is 0 Å². The molecule has 0 saturated carbocycles. The van der Waals surface area contributed by atoms with E-state index in [9.17, 15) is 13.6 Å². The van der Waals surface area contributed by atoms with Crippen molar-refractivity contribution in [3.8, 4) is 0 Å². The normalized spacial score (nSPS) is 9.78. The molecule has 0 amide bonds. The number of benzene rings is 2. The summed E-state index contributed by atoms with van der Waals surface area (Å²) in [6.45, 7) is 0. The molecule has 0 atom stereocenters. The Morgan fingerprint density at radius 1 is 0.889 bits per heavy atom. The number of fused-ring (bicyclic) bond motifs is 2. The third kappa shape index (κ3) is 4.72. The number of halogens is 3. The number of rotatable bonds is 1. The Labute approximate surface area is 173 Å². The second-order valence-corrected chi connectivity index (χ2v) is 7.63. The van der Waals surface area contributed by atoms with Crippen LogP contribution in [0, 0.1) is 11.6 Å². The molecule has 2 nitrogen and oxygen atoms in total. The van der Waals surface area contributed by atoms with Crippen LogP contribution in [0.2, 0.25) is 0 Å². The largest absolute Gasteiger partial charge is 0.465 e. The number of carbonyl (C=O) groups is 1. The average Bonchev–Trinajstić information content (AvgIpc) is 3.29. The van der Waals surface area contributed by atoms with E-state index in [1.54, 1.807) is 17.5 Å². The number of ether oxygens (including phenoxy) is 1. The first-order valence-electron chi connectivity index (χ1n) is 7.08. The van der Waals surface area contributed by atoms with E-state index < -0.39 is 5.97 Å². The molecule has 2 aromatic heterocycles. The van der Waals surface area contributed by atoms with Crippen molar-refractivity contribution in [2.45, 2.75) is 14.9 Å². The molecule has 0 aliphatic heterocycles. The van der Waals surface area contributed by atoms with Crippen LogP contribution in [0.1, 0.15) is 25.2 Å². The SMILES string of the molecule is C.C.COC(=O)c1ccc(F)c2sccc12.Fc1ccc(Br)c2ccsc12. The highest BCUT2D eigenvalue weighted by Crippen LogP contribution is 2.30. The first kappa shape index (κ1) is 23.2. The fourth-order valence-electron chi connectivity index (χ4n) is 2.31. The van der Waals surface area contributed by atoms with Gasteiger partial charge in [0, 0.05) is 15.2 Å². The highest BCUT2D eigenvalue weighted by molar-refractivity contribution is 9.10. The monoisotopic (exact) mass is 472 g/mol. The smallest absolute Gasteiger partial charge is 0.338 e. The van der Waals surface area contributed by atoms with Crippen LogP contribution in [0.4, 0.5) is 8.78 Å². The summed E-state index contributed by atoms with van der Waals surface area (Å²) in [6.07, 6.45) is 0. The van der Waals surface area contributed by atoms with Crippen molar-refractivity contribution >= 4 is 64.7 Å². The van der Waals surface area contributed by atoms with E-state index in [-0.39, 0.29) is 26.5 Å². The number of methoxy groups -OCH3 is 1. The lowest BCUT2D eigenvalue weighted by molar-refractivity contribution is 0.0603. The summed E-state index contributed by atoms with van der Waals surface area (Å²) < 4.78 is 33.0. The van der Waals surface area contributed by atoms with Crippen molar-refractivity contribution in [3.63, 3.8) is 0 Å². The zero-order valence-corrected chi connectivity index (χ0v) is 16.1. The molecular formula is C20H19BrF2O2S2. The zero-order valence-electron chi connectivity index (χ0n) is 12.9. The molecule has 0 radical (unpaired) electrons. The van der Waals surface area contributed by atoms with Gasteiger partial charge < -0.3 is 4.74 Å². The Hall–Kier alpha value is -1.83. The number of hydrogen-bond donors (Lipinski definition) is 0. The van der Waals surface area contributed by atoms with Crippen molar-refractivity contribution in [2.24, 2.45) is 0 Å². The van der Waals surface area contributed by atoms with Gasteiger partial charge in [0.1, 0.15) is 11.6 Å². The van der Waals surface area contributed by atoms with E-state index in [0.717, 1.165) is 14.6 Å². The molecule has 0 bridgehead atoms. The second kappa shape index (κ2) is 9.92. The Morgan fingerprint density at radius 3 is 1.96 bits per heavy atom. The van der Waals surface area contributed by atoms with Crippen molar-refractivity contribution < 1.29 is 18.3 Å². The molecule has 0 saturated heterocycles. The van der Waals surface area contributed by atoms with Crippen molar-refractivity contribution in [1.29, 1.82) is 0 Å². The highest BCUT2D eigenvalue weighted by atomic mass is 79.9. The number of esters is 1. The van der Waals surface area contributed by atoms with Gasteiger partial charge in [-0.1, -0.05) is 30.8 Å². The van der Waals surface area contributed by atoms with Gasteiger partial charge in [0.15, 0.2) is 0 Å². The minimum absolute atomic E-state index is 0. The predicted molar refractivity (Wildman–Crippen MR) is 116 cm³/mol. The van der Waals surface area contributed by atoms with Crippen LogP contribution in [0.25, 0.3) is 20.2 Å². The summed E-state index contributed by atoms with van der Waals surface area (Å²) in [5.41, 5.74) is 0.408. The van der Waals surface area contributed by atoms with Gasteiger partial charge >= 0.3 is 5.97 Å². The molecule has 0 N–H and O–H groups in total. The van der Waals surface area contributed by atoms with Crippen LogP contribution in [-0.4, -0.2) is 13.1 Å². The number of thiophene rings is 2. The Bertz CT molecular complexity index is 1020. The summed E-state index contributed by atoms with van der Waals surface area (Å²) >= 11 is 6.05. The standard InChI is InChI=1S/C10H7FO2S.C8H4BrFS.2CH4/c1-13-10(12)7-2-3-8(11)9-6(7)4-5-14-9;9-6-1-2-7(10)8-5(6)3-4-11-8;;/h2-5H,1H3;1-4H;2*1H4. The third-order valence-electron chi connectivity index (χ3n) is 3.49. The maximum atomic E-state index is 13.2. The topological polar surface area (TPSA) is 26.3 Å². The third-order valence-corrected chi connectivity index (χ3v) is 6.03. The lowest BCUT2D eigenvalue weighted by Crippen LogP contribution is -2.01. The van der Waals surface area contributed by atoms with Crippen molar-refractivity contribution in [3.05, 3.63) is 68.8 Å². The summed E-state index contributed by atoms with van der Waals surface area (Å²) in [7, 11) is 1.31. The molecule has 0 fully saturated rings. The molecule has 0 spiro atoms. The van der Waals surface area contributed by atoms with Crippen LogP contribution in [-0.2, 0) is 4.74 Å². The Balaban J connectivity index is 0.000000257. The van der Waals surface area contributed by atoms with Crippen molar-refractivity contribution in [1.82, 2.24) is 0 Å². The maximum absolute atomic E-state index is 13.2. The maximum Gasteiger partial charge on any atom is 0.338 e. The van der Waals surface area contributed by atoms with E-state index in [1.165, 1.54) is 48.0 Å². The number of carbonyl (C=O) groups excluding carboxylic acids is 1. The summed E-state index contributed by atoms with van der Waals surface area (Å²) in [6, 6.07) is 9.55. The summed E-state index contributed by atoms with van der Waals surface area (Å²) in [5, 5.41) is 5.20. The second-order valence-electron chi connectivity index (χ2n) is 4.94. The zero-order chi connectivity index (χ0) is 18.0. The van der Waals surface area contributed by atoms with Gasteiger partial charge in [0.2, 0.25) is 0 Å². The lowest BCUT2D eigenvalue weighted by Gasteiger charge is -2.00. The van der Waals surface area contributed by atoms with Gasteiger partial charge in [-0.05, 0) is 47.2 Å². The molecule has 2 aromatic carbocycles. The fraction of sp³-hybridized carbons (Fsp3) is 0.150. The summed E-state index contributed by atoms with van der Waals surface area (Å²) in [5.74, 6) is -0.880. The molecule has 4 rings (SSSR count). The van der Waals surface area contributed by atoms with E-state index in [0.29, 0.717) is 15.6 Å². The fourth-order valence-corrected chi connectivity index (χ4v) is 4.56. The molecule has 144 valence electrons. The van der Waals surface area contributed by atoms with Gasteiger partial charge in [0.05, 0.1) is 22.1 Å². The number of hydrogen-bond acceptors (Lipinski definition) is 4. The molecule has 4 aromatic rings. The molecule has 2 heterocycles. The van der Waals surface area contributed by atoms with E-state index >= 15 is 0 Å². The van der Waals surface area contributed by atoms with Crippen LogP contribution in [0.3, 0.4) is 0 Å². The molecule has 0 aliphatic carbocycles. The molecule has 0 aliphatic rings. The van der Waals surface area contributed by atoms with E-state index in [4.69, 9.17) is 0 Å². The quantitative estimate of drug-likeness (QED) is 0.263. The molecular weight excluding hydrogens is 454 g/mol. The van der Waals surface area contributed by atoms with Gasteiger partial charge in [-0.2, -0.15) is 0 Å². The molecule has 7 heteroatoms. The Kier molecular flexibility index (Phi) is 8.53. The predicted octanol–water partition coefficient (Wildman–Crippen LogP) is 7.90. The first-order valence-corrected chi connectivity index (χ1v) is 9.63. The highest BCUT2D eigenvalue weighted by Gasteiger charge is 2.13. The van der Waals surface area contributed by atoms with Crippen LogP contribution < -0.4 is 0 Å². The van der Waals surface area contributed by atoms with Crippen LogP contribution >= 0.6 is 38.6 Å². The minimum atomic E-state index is -0.437. The average molecular weight is 473 g/mol. The van der Waals surface area contributed by atoms with Gasteiger partial charge in [-0.25, -0.2) is 13.6 Å². The Morgan fingerprint density at radius 2 is 1.41 bits per heavy atom. The molecule has 27 heavy (non-hydrogen) atoms. The van der Waals surface area contributed by atoms with E-state index in [2.05, 4.69) is 20.7 Å². The molecule has 0 unspecified atom stereocenters. The van der Waals surface area contributed by atoms with Crippen LogP contribution in [0.5, 0.6) is 0 Å². The first-order chi connectivity index (χ1) is 12.0. The van der Waals surface area contributed by atoms with Gasteiger partial charge in [-0.15, -0.1) is 22.7 Å². The lowest BCUT2D eigenvalue weighted by atomic mass is 10.1. The minimum Gasteiger partial charge on any atom is -0.465 e. The van der Waals surface area contributed by atoms with E-state index in [1.807, 2.05) is 11.4 Å².